The maximum Gasteiger partial charge on any atom is 0.343 e. The van der Waals surface area contributed by atoms with Gasteiger partial charge in [-0.1, -0.05) is 30.3 Å². The number of hydrogen-bond acceptors (Lipinski definition) is 3. The highest BCUT2D eigenvalue weighted by Gasteiger charge is 2.12. The van der Waals surface area contributed by atoms with Crippen LogP contribution in [-0.2, 0) is 6.42 Å². The number of aliphatic hydroxyl groups excluding tert-OH is 1. The first kappa shape index (κ1) is 10.6. The van der Waals surface area contributed by atoms with Gasteiger partial charge in [0.05, 0.1) is 12.6 Å². The minimum absolute atomic E-state index is 0.0890. The van der Waals surface area contributed by atoms with Crippen LogP contribution in [0.5, 0.6) is 0 Å². The third kappa shape index (κ3) is 2.20. The zero-order valence-corrected chi connectivity index (χ0v) is 8.71. The highest BCUT2D eigenvalue weighted by Crippen LogP contribution is 2.11. The Kier molecular flexibility index (Phi) is 3.16. The van der Waals surface area contributed by atoms with Crippen LogP contribution in [0.15, 0.2) is 41.5 Å². The van der Waals surface area contributed by atoms with Crippen molar-refractivity contribution < 1.29 is 5.11 Å². The maximum absolute atomic E-state index is 11.3. The van der Waals surface area contributed by atoms with Crippen molar-refractivity contribution in [3.8, 4) is 0 Å². The van der Waals surface area contributed by atoms with Gasteiger partial charge in [-0.2, -0.15) is 5.10 Å². The average Bonchev–Trinajstić information content (AvgIpc) is 2.74. The number of rotatable bonds is 4. The molecular weight excluding hydrogens is 206 g/mol. The van der Waals surface area contributed by atoms with E-state index >= 15 is 0 Å². The van der Waals surface area contributed by atoms with Crippen LogP contribution in [-0.4, -0.2) is 26.5 Å². The molecule has 5 nitrogen and oxygen atoms in total. The number of nitrogens with zero attached hydrogens (tertiary/aromatic N) is 2. The second kappa shape index (κ2) is 4.76. The zero-order chi connectivity index (χ0) is 11.4. The van der Waals surface area contributed by atoms with E-state index in [-0.39, 0.29) is 18.3 Å². The maximum atomic E-state index is 11.3. The van der Waals surface area contributed by atoms with Crippen LogP contribution >= 0.6 is 0 Å². The molecule has 1 atom stereocenters. The monoisotopic (exact) mass is 219 g/mol. The highest BCUT2D eigenvalue weighted by molar-refractivity contribution is 5.15. The summed E-state index contributed by atoms with van der Waals surface area (Å²) in [6.45, 7) is -0.0890. The van der Waals surface area contributed by atoms with Crippen LogP contribution in [0.1, 0.15) is 11.6 Å². The van der Waals surface area contributed by atoms with Crippen molar-refractivity contribution in [3.05, 3.63) is 52.7 Å². The molecule has 1 heterocycles. The lowest BCUT2D eigenvalue weighted by Crippen LogP contribution is -2.25. The smallest absolute Gasteiger partial charge is 0.343 e. The molecule has 0 aliphatic carbocycles. The lowest BCUT2D eigenvalue weighted by molar-refractivity contribution is 0.224. The zero-order valence-electron chi connectivity index (χ0n) is 8.71. The molecule has 2 N–H and O–H groups in total. The van der Waals surface area contributed by atoms with Crippen LogP contribution in [0.2, 0.25) is 0 Å². The number of hydrogen-bond donors (Lipinski definition) is 2. The molecule has 0 radical (unpaired) electrons. The summed E-state index contributed by atoms with van der Waals surface area (Å²) in [6.07, 6.45) is 2.02. The molecule has 0 saturated heterocycles. The molecule has 0 fully saturated rings. The standard InChI is InChI=1S/C11H13N3O2/c15-7-10(14-8-12-13-11(14)16)6-9-4-2-1-3-5-9/h1-5,8,10,15H,6-7H2,(H,13,16)/t10-/m0/s1. The van der Waals surface area contributed by atoms with Crippen molar-refractivity contribution in [3.63, 3.8) is 0 Å². The van der Waals surface area contributed by atoms with E-state index in [2.05, 4.69) is 10.2 Å². The molecule has 84 valence electrons. The number of H-pyrrole nitrogens is 1. The number of aliphatic hydroxyl groups is 1. The van der Waals surface area contributed by atoms with E-state index < -0.39 is 0 Å². The van der Waals surface area contributed by atoms with Crippen LogP contribution in [0, 0.1) is 0 Å². The third-order valence-electron chi connectivity index (χ3n) is 2.50. The van der Waals surface area contributed by atoms with Crippen molar-refractivity contribution >= 4 is 0 Å². The number of aromatic nitrogens is 3. The van der Waals surface area contributed by atoms with Crippen LogP contribution in [0.25, 0.3) is 0 Å². The van der Waals surface area contributed by atoms with Gasteiger partial charge < -0.3 is 5.11 Å². The van der Waals surface area contributed by atoms with Gasteiger partial charge in [0.2, 0.25) is 0 Å². The lowest BCUT2D eigenvalue weighted by Gasteiger charge is -2.13. The van der Waals surface area contributed by atoms with Crippen LogP contribution < -0.4 is 5.69 Å². The largest absolute Gasteiger partial charge is 0.394 e. The van der Waals surface area contributed by atoms with Crippen LogP contribution in [0.3, 0.4) is 0 Å². The molecular formula is C11H13N3O2. The Morgan fingerprint density at radius 1 is 1.38 bits per heavy atom. The second-order valence-electron chi connectivity index (χ2n) is 3.59. The Morgan fingerprint density at radius 3 is 2.69 bits per heavy atom. The Balaban J connectivity index is 2.19. The summed E-state index contributed by atoms with van der Waals surface area (Å²) in [4.78, 5) is 11.3. The van der Waals surface area contributed by atoms with Crippen molar-refractivity contribution in [2.75, 3.05) is 6.61 Å². The van der Waals surface area contributed by atoms with Gasteiger partial charge >= 0.3 is 5.69 Å². The summed E-state index contributed by atoms with van der Waals surface area (Å²) >= 11 is 0. The molecule has 16 heavy (non-hydrogen) atoms. The van der Waals surface area contributed by atoms with Gasteiger partial charge in [0.25, 0.3) is 0 Å². The molecule has 5 heteroatoms. The van der Waals surface area contributed by atoms with Gasteiger partial charge in [0.15, 0.2) is 0 Å². The number of aromatic amines is 1. The van der Waals surface area contributed by atoms with Gasteiger partial charge in [-0.3, -0.25) is 4.57 Å². The molecule has 0 saturated carbocycles. The molecule has 2 aromatic rings. The van der Waals surface area contributed by atoms with E-state index in [0.29, 0.717) is 6.42 Å². The normalized spacial score (nSPS) is 12.6. The summed E-state index contributed by atoms with van der Waals surface area (Å²) in [5.74, 6) is 0. The van der Waals surface area contributed by atoms with Gasteiger partial charge in [0, 0.05) is 0 Å². The first-order valence-electron chi connectivity index (χ1n) is 5.07. The number of nitrogens with one attached hydrogen (secondary N) is 1. The Bertz CT molecular complexity index is 489. The minimum atomic E-state index is -0.296. The Morgan fingerprint density at radius 2 is 2.12 bits per heavy atom. The Labute approximate surface area is 92.4 Å². The van der Waals surface area contributed by atoms with E-state index in [0.717, 1.165) is 5.56 Å². The van der Waals surface area contributed by atoms with Gasteiger partial charge in [0.1, 0.15) is 6.33 Å². The molecule has 0 amide bonds. The summed E-state index contributed by atoms with van der Waals surface area (Å²) in [5.41, 5.74) is 0.782. The van der Waals surface area contributed by atoms with Gasteiger partial charge in [-0.05, 0) is 12.0 Å². The first-order valence-corrected chi connectivity index (χ1v) is 5.07. The molecule has 0 aliphatic rings. The van der Waals surface area contributed by atoms with Crippen molar-refractivity contribution in [1.29, 1.82) is 0 Å². The van der Waals surface area contributed by atoms with Crippen LogP contribution in [0.4, 0.5) is 0 Å². The van der Waals surface area contributed by atoms with Crippen molar-refractivity contribution in [2.45, 2.75) is 12.5 Å². The van der Waals surface area contributed by atoms with E-state index in [1.165, 1.54) is 10.9 Å². The summed E-state index contributed by atoms with van der Waals surface area (Å²) in [6, 6.07) is 9.46. The molecule has 2 rings (SSSR count). The first-order chi connectivity index (χ1) is 7.81. The predicted octanol–water partition coefficient (Wildman–Crippen LogP) is 0.347. The predicted molar refractivity (Wildman–Crippen MR) is 59.1 cm³/mol. The van der Waals surface area contributed by atoms with E-state index in [1.807, 2.05) is 30.3 Å². The molecule has 0 aliphatic heterocycles. The third-order valence-corrected chi connectivity index (χ3v) is 2.50. The molecule has 1 aromatic carbocycles. The van der Waals surface area contributed by atoms with Gasteiger partial charge in [-0.15, -0.1) is 0 Å². The molecule has 0 unspecified atom stereocenters. The van der Waals surface area contributed by atoms with Crippen molar-refractivity contribution in [1.82, 2.24) is 14.8 Å². The van der Waals surface area contributed by atoms with Crippen molar-refractivity contribution in [2.24, 2.45) is 0 Å². The van der Waals surface area contributed by atoms with E-state index in [4.69, 9.17) is 0 Å². The summed E-state index contributed by atoms with van der Waals surface area (Å²) in [7, 11) is 0. The fourth-order valence-electron chi connectivity index (χ4n) is 1.65. The fraction of sp³-hybridized carbons (Fsp3) is 0.273. The van der Waals surface area contributed by atoms with Gasteiger partial charge in [-0.25, -0.2) is 9.89 Å². The average molecular weight is 219 g/mol. The molecule has 1 aromatic heterocycles. The minimum Gasteiger partial charge on any atom is -0.394 e. The van der Waals surface area contributed by atoms with E-state index in [9.17, 15) is 9.90 Å². The summed E-state index contributed by atoms with van der Waals surface area (Å²) in [5, 5.41) is 15.2. The Hall–Kier alpha value is -1.88. The topological polar surface area (TPSA) is 70.9 Å². The fourth-order valence-corrected chi connectivity index (χ4v) is 1.65. The lowest BCUT2D eigenvalue weighted by atomic mass is 10.1. The summed E-state index contributed by atoms with van der Waals surface area (Å²) < 4.78 is 1.41. The molecule has 0 spiro atoms. The van der Waals surface area contributed by atoms with E-state index in [1.54, 1.807) is 0 Å². The number of benzene rings is 1. The molecule has 0 bridgehead atoms. The highest BCUT2D eigenvalue weighted by atomic mass is 16.3. The quantitative estimate of drug-likeness (QED) is 0.779. The second-order valence-corrected chi connectivity index (χ2v) is 3.59. The SMILES string of the molecule is O=c1[nH]ncn1[C@H](CO)Cc1ccccc1.